The Morgan fingerprint density at radius 1 is 1.48 bits per heavy atom. The highest BCUT2D eigenvalue weighted by molar-refractivity contribution is 6.31. The maximum Gasteiger partial charge on any atom is 0.148 e. The summed E-state index contributed by atoms with van der Waals surface area (Å²) in [5.41, 5.74) is 3.35. The van der Waals surface area contributed by atoms with Crippen LogP contribution in [-0.4, -0.2) is 26.3 Å². The van der Waals surface area contributed by atoms with Gasteiger partial charge in [-0.1, -0.05) is 17.5 Å². The molecule has 0 aliphatic carbocycles. The van der Waals surface area contributed by atoms with Crippen molar-refractivity contribution >= 4 is 28.5 Å². The topological polar surface area (TPSA) is 58.5 Å². The van der Waals surface area contributed by atoms with Gasteiger partial charge in [-0.25, -0.2) is 9.37 Å². The summed E-state index contributed by atoms with van der Waals surface area (Å²) in [5, 5.41) is 9.15. The number of rotatable bonds is 6. The number of allylic oxidation sites excluding steroid dienone is 2. The van der Waals surface area contributed by atoms with E-state index < -0.39 is 0 Å². The predicted molar refractivity (Wildman–Crippen MR) is 107 cm³/mol. The molecule has 0 fully saturated rings. The third kappa shape index (κ3) is 4.39. The van der Waals surface area contributed by atoms with E-state index in [1.807, 2.05) is 25.4 Å². The second-order valence-electron chi connectivity index (χ2n) is 6.10. The third-order valence-corrected chi connectivity index (χ3v) is 4.42. The highest BCUT2D eigenvalue weighted by Gasteiger charge is 2.11. The van der Waals surface area contributed by atoms with Gasteiger partial charge in [0.1, 0.15) is 17.3 Å². The number of hydrogen-bond acceptors (Lipinski definition) is 3. The first-order valence-corrected chi connectivity index (χ1v) is 8.72. The third-order valence-electron chi connectivity index (χ3n) is 4.21. The lowest BCUT2D eigenvalue weighted by molar-refractivity contribution is 0.629. The lowest BCUT2D eigenvalue weighted by Crippen LogP contribution is -2.05. The van der Waals surface area contributed by atoms with Gasteiger partial charge in [0.15, 0.2) is 0 Å². The molecule has 0 radical (unpaired) electrons. The van der Waals surface area contributed by atoms with Gasteiger partial charge in [0.05, 0.1) is 5.02 Å². The maximum atomic E-state index is 13.6. The summed E-state index contributed by atoms with van der Waals surface area (Å²) < 4.78 is 15.4. The zero-order valence-corrected chi connectivity index (χ0v) is 15.8. The number of nitrogens with one attached hydrogen (secondary N) is 2. The van der Waals surface area contributed by atoms with E-state index in [0.29, 0.717) is 29.4 Å². The molecule has 0 bridgehead atoms. The van der Waals surface area contributed by atoms with Crippen LogP contribution in [0, 0.1) is 12.3 Å². The van der Waals surface area contributed by atoms with E-state index >= 15 is 0 Å². The van der Waals surface area contributed by atoms with Crippen molar-refractivity contribution in [2.24, 2.45) is 7.05 Å². The Kier molecular flexibility index (Phi) is 5.63. The van der Waals surface area contributed by atoms with Crippen molar-refractivity contribution in [1.82, 2.24) is 19.7 Å². The van der Waals surface area contributed by atoms with E-state index in [-0.39, 0.29) is 5.83 Å². The van der Waals surface area contributed by atoms with Crippen molar-refractivity contribution in [2.75, 3.05) is 11.9 Å². The summed E-state index contributed by atoms with van der Waals surface area (Å²) in [6.45, 7) is 1.70. The van der Waals surface area contributed by atoms with E-state index in [0.717, 1.165) is 22.3 Å². The molecule has 3 aromatic heterocycles. The number of aromatic nitrogens is 4. The minimum absolute atomic E-state index is 0.284. The number of aryl methyl sites for hydroxylation is 1. The lowest BCUT2D eigenvalue weighted by atomic mass is 10.1. The van der Waals surface area contributed by atoms with E-state index in [1.165, 1.54) is 13.0 Å². The van der Waals surface area contributed by atoms with Crippen LogP contribution in [0.25, 0.3) is 11.0 Å². The molecule has 0 spiro atoms. The van der Waals surface area contributed by atoms with E-state index in [2.05, 4.69) is 26.3 Å². The fourth-order valence-electron chi connectivity index (χ4n) is 2.76. The smallest absolute Gasteiger partial charge is 0.148 e. The average molecular weight is 384 g/mol. The van der Waals surface area contributed by atoms with Crippen molar-refractivity contribution in [1.29, 1.82) is 0 Å². The lowest BCUT2D eigenvalue weighted by Gasteiger charge is -2.04. The van der Waals surface area contributed by atoms with Gasteiger partial charge in [0, 0.05) is 55.1 Å². The standard InChI is InChI=1S/C20H19ClFN5/c1-4-5-6-14(13(2)22)10-23-19-9-17(27(3)26-19)7-15-11-24-20-18(15)8-16(21)12-25-20/h1,5-6,8-9,11-12H,7,10H2,2-3H3,(H,23,26)(H,24,25)/b6-5-,14-13-. The Balaban J connectivity index is 1.76. The molecule has 5 nitrogen and oxygen atoms in total. The molecule has 3 aromatic rings. The number of terminal acetylenes is 1. The Bertz CT molecular complexity index is 1060. The number of aromatic amines is 1. The van der Waals surface area contributed by atoms with Crippen LogP contribution in [0.4, 0.5) is 10.2 Å². The van der Waals surface area contributed by atoms with Crippen LogP contribution in [0.3, 0.4) is 0 Å². The number of nitrogens with zero attached hydrogens (tertiary/aromatic N) is 3. The van der Waals surface area contributed by atoms with Crippen molar-refractivity contribution < 1.29 is 4.39 Å². The Morgan fingerprint density at radius 3 is 3.04 bits per heavy atom. The summed E-state index contributed by atoms with van der Waals surface area (Å²) in [7, 11) is 1.87. The normalized spacial score (nSPS) is 12.4. The largest absolute Gasteiger partial charge is 0.364 e. The zero-order valence-electron chi connectivity index (χ0n) is 15.1. The van der Waals surface area contributed by atoms with Crippen LogP contribution in [0.1, 0.15) is 18.2 Å². The van der Waals surface area contributed by atoms with Crippen LogP contribution in [0.5, 0.6) is 0 Å². The summed E-state index contributed by atoms with van der Waals surface area (Å²) in [6, 6.07) is 3.83. The minimum Gasteiger partial charge on any atom is -0.364 e. The molecular weight excluding hydrogens is 365 g/mol. The van der Waals surface area contributed by atoms with Crippen molar-refractivity contribution in [3.8, 4) is 12.3 Å². The second-order valence-corrected chi connectivity index (χ2v) is 6.53. The fraction of sp³-hybridized carbons (Fsp3) is 0.200. The first-order valence-electron chi connectivity index (χ1n) is 8.34. The molecule has 138 valence electrons. The first-order chi connectivity index (χ1) is 13.0. The second kappa shape index (κ2) is 8.11. The molecule has 0 aromatic carbocycles. The minimum atomic E-state index is -0.284. The van der Waals surface area contributed by atoms with Gasteiger partial charge in [0.2, 0.25) is 0 Å². The van der Waals surface area contributed by atoms with Gasteiger partial charge in [-0.3, -0.25) is 4.68 Å². The summed E-state index contributed by atoms with van der Waals surface area (Å²) >= 11 is 6.06. The summed E-state index contributed by atoms with van der Waals surface area (Å²) in [5.74, 6) is 2.74. The van der Waals surface area contributed by atoms with Crippen molar-refractivity contribution in [3.63, 3.8) is 0 Å². The van der Waals surface area contributed by atoms with Crippen LogP contribution < -0.4 is 5.32 Å². The first kappa shape index (κ1) is 18.7. The molecule has 0 saturated carbocycles. The van der Waals surface area contributed by atoms with E-state index in [4.69, 9.17) is 18.0 Å². The predicted octanol–water partition coefficient (Wildman–Crippen LogP) is 4.39. The molecule has 0 aliphatic rings. The Morgan fingerprint density at radius 2 is 2.30 bits per heavy atom. The van der Waals surface area contributed by atoms with E-state index in [9.17, 15) is 4.39 Å². The van der Waals surface area contributed by atoms with Gasteiger partial charge in [-0.2, -0.15) is 5.10 Å². The molecule has 0 amide bonds. The van der Waals surface area contributed by atoms with Crippen LogP contribution in [0.2, 0.25) is 5.02 Å². The SMILES string of the molecule is C#C/C=C\C(CNc1cc(Cc2c[nH]c3ncc(Cl)cc23)n(C)n1)=C(/C)F. The van der Waals surface area contributed by atoms with Crippen molar-refractivity contribution in [3.05, 3.63) is 64.4 Å². The van der Waals surface area contributed by atoms with Gasteiger partial charge >= 0.3 is 0 Å². The molecule has 3 rings (SSSR count). The van der Waals surface area contributed by atoms with Gasteiger partial charge in [-0.15, -0.1) is 6.42 Å². The number of H-pyrrole nitrogens is 1. The molecule has 7 heteroatoms. The maximum absolute atomic E-state index is 13.6. The molecule has 0 saturated heterocycles. The van der Waals surface area contributed by atoms with E-state index in [1.54, 1.807) is 17.0 Å². The van der Waals surface area contributed by atoms with Crippen LogP contribution >= 0.6 is 11.6 Å². The molecule has 3 heterocycles. The monoisotopic (exact) mass is 383 g/mol. The highest BCUT2D eigenvalue weighted by Crippen LogP contribution is 2.23. The molecule has 27 heavy (non-hydrogen) atoms. The molecular formula is C20H19ClFN5. The zero-order chi connectivity index (χ0) is 19.4. The number of fused-ring (bicyclic) bond motifs is 1. The Hall–Kier alpha value is -3.04. The van der Waals surface area contributed by atoms with Crippen LogP contribution in [-0.2, 0) is 13.5 Å². The van der Waals surface area contributed by atoms with Gasteiger partial charge < -0.3 is 10.3 Å². The number of anilines is 1. The molecule has 0 atom stereocenters. The molecule has 0 aliphatic heterocycles. The fourth-order valence-corrected chi connectivity index (χ4v) is 2.92. The number of hydrogen-bond donors (Lipinski definition) is 2. The number of halogens is 2. The quantitative estimate of drug-likeness (QED) is 0.490. The number of pyridine rings is 1. The average Bonchev–Trinajstić information content (AvgIpc) is 3.18. The van der Waals surface area contributed by atoms with Gasteiger partial charge in [-0.05, 0) is 30.7 Å². The molecule has 2 N–H and O–H groups in total. The molecule has 0 unspecified atom stereocenters. The van der Waals surface area contributed by atoms with Gasteiger partial charge in [0.25, 0.3) is 0 Å². The van der Waals surface area contributed by atoms with Crippen molar-refractivity contribution in [2.45, 2.75) is 13.3 Å². The highest BCUT2D eigenvalue weighted by atomic mass is 35.5. The summed E-state index contributed by atoms with van der Waals surface area (Å²) in [6.07, 6.45) is 12.4. The van der Waals surface area contributed by atoms with Crippen LogP contribution in [0.15, 0.2) is 48.1 Å². The Labute approximate surface area is 161 Å². The summed E-state index contributed by atoms with van der Waals surface area (Å²) in [4.78, 5) is 7.42.